The molecule has 6 heteroatoms. The quantitative estimate of drug-likeness (QED) is 0.189. The van der Waals surface area contributed by atoms with Crippen LogP contribution in [-0.2, 0) is 18.0 Å². The van der Waals surface area contributed by atoms with Crippen LogP contribution in [0.2, 0.25) is 5.02 Å². The Labute approximate surface area is 221 Å². The third-order valence-electron chi connectivity index (χ3n) is 5.51. The van der Waals surface area contributed by atoms with Crippen molar-refractivity contribution in [3.63, 3.8) is 0 Å². The maximum Gasteiger partial charge on any atom is 0.266 e. The topological polar surface area (TPSA) is 71.3 Å². The Morgan fingerprint density at radius 1 is 0.811 bits per heavy atom. The molecule has 4 rings (SSSR count). The number of rotatable bonds is 9. The van der Waals surface area contributed by atoms with Crippen LogP contribution in [0.4, 0.5) is 5.69 Å². The molecule has 0 aliphatic heterocycles. The highest BCUT2D eigenvalue weighted by Crippen LogP contribution is 2.20. The van der Waals surface area contributed by atoms with Gasteiger partial charge >= 0.3 is 0 Å². The largest absolute Gasteiger partial charge is 0.489 e. The lowest BCUT2D eigenvalue weighted by Crippen LogP contribution is -2.13. The Kier molecular flexibility index (Phi) is 8.59. The summed E-state index contributed by atoms with van der Waals surface area (Å²) in [4.78, 5) is 12.7. The molecule has 0 radical (unpaired) electrons. The van der Waals surface area contributed by atoms with E-state index in [1.807, 2.05) is 61.5 Å². The van der Waals surface area contributed by atoms with Crippen LogP contribution < -0.4 is 14.8 Å². The normalized spacial score (nSPS) is 10.9. The van der Waals surface area contributed by atoms with Crippen LogP contribution in [0.15, 0.2) is 103 Å². The average Bonchev–Trinajstić information content (AvgIpc) is 2.92. The summed E-state index contributed by atoms with van der Waals surface area (Å²) < 4.78 is 11.6. The summed E-state index contributed by atoms with van der Waals surface area (Å²) >= 11 is 5.91. The summed E-state index contributed by atoms with van der Waals surface area (Å²) in [6.45, 7) is 2.91. The van der Waals surface area contributed by atoms with Gasteiger partial charge in [-0.05, 0) is 78.2 Å². The minimum atomic E-state index is -0.487. The number of hydrogen-bond acceptors (Lipinski definition) is 4. The minimum absolute atomic E-state index is 0.00506. The molecule has 4 aromatic rings. The van der Waals surface area contributed by atoms with Crippen molar-refractivity contribution in [2.24, 2.45) is 0 Å². The van der Waals surface area contributed by atoms with Gasteiger partial charge in [-0.2, -0.15) is 5.26 Å². The molecule has 5 nitrogen and oxygen atoms in total. The number of halogens is 1. The molecule has 1 amide bonds. The molecule has 0 bridgehead atoms. The van der Waals surface area contributed by atoms with Gasteiger partial charge in [0.1, 0.15) is 36.4 Å². The fourth-order valence-corrected chi connectivity index (χ4v) is 3.53. The lowest BCUT2D eigenvalue weighted by atomic mass is 10.1. The number of carbonyl (C=O) groups excluding carboxylic acids is 1. The first-order valence-corrected chi connectivity index (χ1v) is 12.1. The van der Waals surface area contributed by atoms with Gasteiger partial charge in [-0.25, -0.2) is 0 Å². The number of amides is 1. The van der Waals surface area contributed by atoms with Crippen LogP contribution in [-0.4, -0.2) is 5.91 Å². The second kappa shape index (κ2) is 12.4. The predicted molar refractivity (Wildman–Crippen MR) is 146 cm³/mol. The van der Waals surface area contributed by atoms with Crippen molar-refractivity contribution in [1.82, 2.24) is 0 Å². The Bertz CT molecular complexity index is 1400. The SMILES string of the molecule is Cc1ccc(COc2ccc(NC(=O)/C(C#N)=C/c3ccc(OCc4ccc(Cl)cc4)cc3)cc2)cc1. The molecule has 0 saturated heterocycles. The number of ether oxygens (including phenoxy) is 2. The monoisotopic (exact) mass is 508 g/mol. The summed E-state index contributed by atoms with van der Waals surface area (Å²) in [5, 5.41) is 13.0. The van der Waals surface area contributed by atoms with Crippen molar-refractivity contribution in [2.75, 3.05) is 5.32 Å². The molecule has 0 saturated carbocycles. The fraction of sp³-hybridized carbons (Fsp3) is 0.0968. The van der Waals surface area contributed by atoms with Gasteiger partial charge in [-0.1, -0.05) is 65.7 Å². The summed E-state index contributed by atoms with van der Waals surface area (Å²) in [5.41, 5.74) is 4.56. The molecule has 0 aliphatic rings. The summed E-state index contributed by atoms with van der Waals surface area (Å²) in [6, 6.07) is 31.8. The van der Waals surface area contributed by atoms with E-state index in [4.69, 9.17) is 21.1 Å². The van der Waals surface area contributed by atoms with Crippen molar-refractivity contribution in [3.05, 3.63) is 130 Å². The van der Waals surface area contributed by atoms with Crippen LogP contribution in [0.25, 0.3) is 6.08 Å². The molecular weight excluding hydrogens is 484 g/mol. The number of benzene rings is 4. The number of anilines is 1. The Morgan fingerprint density at radius 2 is 1.32 bits per heavy atom. The lowest BCUT2D eigenvalue weighted by Gasteiger charge is -2.09. The Morgan fingerprint density at radius 3 is 1.86 bits per heavy atom. The van der Waals surface area contributed by atoms with Gasteiger partial charge in [-0.3, -0.25) is 4.79 Å². The zero-order valence-corrected chi connectivity index (χ0v) is 21.0. The maximum atomic E-state index is 12.7. The van der Waals surface area contributed by atoms with E-state index < -0.39 is 5.91 Å². The van der Waals surface area contributed by atoms with E-state index in [2.05, 4.69) is 5.32 Å². The van der Waals surface area contributed by atoms with E-state index in [9.17, 15) is 10.1 Å². The van der Waals surface area contributed by atoms with Crippen LogP contribution in [0.1, 0.15) is 22.3 Å². The fourth-order valence-electron chi connectivity index (χ4n) is 3.41. The first kappa shape index (κ1) is 25.6. The number of hydrogen-bond donors (Lipinski definition) is 1. The highest BCUT2D eigenvalue weighted by atomic mass is 35.5. The minimum Gasteiger partial charge on any atom is -0.489 e. The van der Waals surface area contributed by atoms with Crippen LogP contribution in [0.5, 0.6) is 11.5 Å². The van der Waals surface area contributed by atoms with Gasteiger partial charge in [0.05, 0.1) is 0 Å². The Hall–Kier alpha value is -4.53. The lowest BCUT2D eigenvalue weighted by molar-refractivity contribution is -0.112. The van der Waals surface area contributed by atoms with Crippen molar-refractivity contribution in [3.8, 4) is 17.6 Å². The zero-order chi connectivity index (χ0) is 26.0. The van der Waals surface area contributed by atoms with Gasteiger partial charge in [0.15, 0.2) is 0 Å². The van der Waals surface area contributed by atoms with Gasteiger partial charge < -0.3 is 14.8 Å². The van der Waals surface area contributed by atoms with Crippen molar-refractivity contribution >= 4 is 29.3 Å². The number of carbonyl (C=O) groups is 1. The third kappa shape index (κ3) is 7.73. The summed E-state index contributed by atoms with van der Waals surface area (Å²) in [5.74, 6) is 0.881. The first-order chi connectivity index (χ1) is 18.0. The average molecular weight is 509 g/mol. The third-order valence-corrected chi connectivity index (χ3v) is 5.77. The standard InChI is InChI=1S/C31H25ClN2O3/c1-22-2-4-24(5-3-22)20-37-30-16-12-28(13-17-30)34-31(35)26(19-33)18-23-8-14-29(15-9-23)36-21-25-6-10-27(32)11-7-25/h2-18H,20-21H2,1H3,(H,34,35)/b26-18+. The highest BCUT2D eigenvalue weighted by molar-refractivity contribution is 6.30. The molecule has 0 heterocycles. The van der Waals surface area contributed by atoms with Gasteiger partial charge in [0, 0.05) is 10.7 Å². The van der Waals surface area contributed by atoms with E-state index >= 15 is 0 Å². The molecule has 37 heavy (non-hydrogen) atoms. The number of aryl methyl sites for hydroxylation is 1. The van der Waals surface area contributed by atoms with E-state index in [0.29, 0.717) is 41.0 Å². The molecule has 4 aromatic carbocycles. The first-order valence-electron chi connectivity index (χ1n) is 11.7. The van der Waals surface area contributed by atoms with Crippen LogP contribution in [0.3, 0.4) is 0 Å². The van der Waals surface area contributed by atoms with E-state index in [-0.39, 0.29) is 5.57 Å². The highest BCUT2D eigenvalue weighted by Gasteiger charge is 2.10. The van der Waals surface area contributed by atoms with Crippen molar-refractivity contribution < 1.29 is 14.3 Å². The smallest absolute Gasteiger partial charge is 0.266 e. The molecule has 0 atom stereocenters. The predicted octanol–water partition coefficient (Wildman–Crippen LogP) is 7.35. The molecule has 0 aromatic heterocycles. The molecular formula is C31H25ClN2O3. The van der Waals surface area contributed by atoms with Crippen LogP contribution in [0, 0.1) is 18.3 Å². The van der Waals surface area contributed by atoms with E-state index in [1.165, 1.54) is 11.6 Å². The molecule has 0 unspecified atom stereocenters. The summed E-state index contributed by atoms with van der Waals surface area (Å²) in [7, 11) is 0. The summed E-state index contributed by atoms with van der Waals surface area (Å²) in [6.07, 6.45) is 1.54. The second-order valence-electron chi connectivity index (χ2n) is 8.41. The number of nitriles is 1. The molecule has 0 spiro atoms. The van der Waals surface area contributed by atoms with E-state index in [1.54, 1.807) is 48.5 Å². The molecule has 1 N–H and O–H groups in total. The maximum absolute atomic E-state index is 12.7. The van der Waals surface area contributed by atoms with Crippen molar-refractivity contribution in [2.45, 2.75) is 20.1 Å². The molecule has 0 fully saturated rings. The van der Waals surface area contributed by atoms with Gasteiger partial charge in [0.2, 0.25) is 0 Å². The van der Waals surface area contributed by atoms with Gasteiger partial charge in [-0.15, -0.1) is 0 Å². The second-order valence-corrected chi connectivity index (χ2v) is 8.84. The van der Waals surface area contributed by atoms with Crippen LogP contribution >= 0.6 is 11.6 Å². The molecule has 184 valence electrons. The zero-order valence-electron chi connectivity index (χ0n) is 20.3. The number of nitrogens with one attached hydrogen (secondary N) is 1. The number of nitrogens with zero attached hydrogens (tertiary/aromatic N) is 1. The van der Waals surface area contributed by atoms with Crippen molar-refractivity contribution in [1.29, 1.82) is 5.26 Å². The van der Waals surface area contributed by atoms with Gasteiger partial charge in [0.25, 0.3) is 5.91 Å². The van der Waals surface area contributed by atoms with E-state index in [0.717, 1.165) is 11.1 Å². The molecule has 0 aliphatic carbocycles. The Balaban J connectivity index is 1.31.